The molecule has 0 saturated carbocycles. The van der Waals surface area contributed by atoms with Gasteiger partial charge in [0, 0.05) is 0 Å². The van der Waals surface area contributed by atoms with E-state index >= 15 is 0 Å². The minimum Gasteiger partial charge on any atom is -0.388 e. The van der Waals surface area contributed by atoms with Crippen LogP contribution in [-0.2, 0) is 15.1 Å². The summed E-state index contributed by atoms with van der Waals surface area (Å²) in [5.41, 5.74) is 1.31. The topological polar surface area (TPSA) is 107 Å². The van der Waals surface area contributed by atoms with E-state index in [2.05, 4.69) is 0 Å². The number of aliphatic hydroxyl groups is 4. The molecule has 31 heavy (non-hydrogen) atoms. The fourth-order valence-electron chi connectivity index (χ4n) is 3.59. The van der Waals surface area contributed by atoms with Gasteiger partial charge < -0.3 is 30.0 Å². The van der Waals surface area contributed by atoms with Crippen molar-refractivity contribution in [3.8, 4) is 0 Å². The molecule has 0 fully saturated rings. The molecule has 3 aromatic rings. The van der Waals surface area contributed by atoms with Gasteiger partial charge in [0.15, 0.2) is 6.29 Å². The summed E-state index contributed by atoms with van der Waals surface area (Å²) in [6.45, 7) is -0.373. The van der Waals surface area contributed by atoms with Crippen molar-refractivity contribution in [2.75, 3.05) is 6.61 Å². The van der Waals surface area contributed by atoms with Gasteiger partial charge in [-0.05, 0) is 16.7 Å². The Balaban J connectivity index is 2.03. The van der Waals surface area contributed by atoms with E-state index in [0.717, 1.165) is 16.7 Å². The lowest BCUT2D eigenvalue weighted by molar-refractivity contribution is -0.144. The molecule has 6 heteroatoms. The summed E-state index contributed by atoms with van der Waals surface area (Å²) in [5.74, 6) is 0. The molecule has 6 nitrogen and oxygen atoms in total. The molecule has 0 bridgehead atoms. The minimum atomic E-state index is -1.84. The monoisotopic (exact) mass is 422 g/mol. The molecule has 0 aliphatic carbocycles. The second-order valence-corrected chi connectivity index (χ2v) is 7.27. The summed E-state index contributed by atoms with van der Waals surface area (Å²) in [4.78, 5) is 10.7. The maximum atomic E-state index is 10.7. The molecule has 4 N–H and O–H groups in total. The summed E-state index contributed by atoms with van der Waals surface area (Å²) in [5, 5.41) is 40.0. The highest BCUT2D eigenvalue weighted by Gasteiger charge is 2.39. The van der Waals surface area contributed by atoms with E-state index in [1.807, 2.05) is 91.0 Å². The highest BCUT2D eigenvalue weighted by molar-refractivity contribution is 5.56. The Bertz CT molecular complexity index is 835. The number of ether oxygens (including phenoxy) is 1. The first-order valence-corrected chi connectivity index (χ1v) is 9.98. The number of aldehydes is 1. The van der Waals surface area contributed by atoms with Crippen LogP contribution in [0.15, 0.2) is 91.0 Å². The Hall–Kier alpha value is -2.87. The average molecular weight is 422 g/mol. The number of rotatable bonds is 10. The first kappa shape index (κ1) is 22.8. The molecule has 0 radical (unpaired) electrons. The van der Waals surface area contributed by atoms with Crippen LogP contribution < -0.4 is 0 Å². The molecule has 0 amide bonds. The normalized spacial score (nSPS) is 15.6. The highest BCUT2D eigenvalue weighted by atomic mass is 16.5. The fourth-order valence-corrected chi connectivity index (χ4v) is 3.59. The predicted octanol–water partition coefficient (Wildman–Crippen LogP) is 1.64. The maximum Gasteiger partial charge on any atom is 0.151 e. The van der Waals surface area contributed by atoms with E-state index in [0.29, 0.717) is 0 Å². The van der Waals surface area contributed by atoms with E-state index < -0.39 is 30.0 Å². The van der Waals surface area contributed by atoms with Gasteiger partial charge in [0.2, 0.25) is 0 Å². The molecule has 0 aliphatic rings. The third-order valence-electron chi connectivity index (χ3n) is 5.25. The Kier molecular flexibility index (Phi) is 7.68. The zero-order valence-corrected chi connectivity index (χ0v) is 16.9. The van der Waals surface area contributed by atoms with Crippen LogP contribution >= 0.6 is 0 Å². The number of aliphatic hydroxyl groups excluding tert-OH is 4. The van der Waals surface area contributed by atoms with Crippen molar-refractivity contribution in [1.29, 1.82) is 0 Å². The van der Waals surface area contributed by atoms with E-state index in [-0.39, 0.29) is 12.9 Å². The Labute approximate surface area is 181 Å². The van der Waals surface area contributed by atoms with Gasteiger partial charge in [-0.3, -0.25) is 0 Å². The van der Waals surface area contributed by atoms with Crippen LogP contribution in [0.5, 0.6) is 0 Å². The zero-order valence-electron chi connectivity index (χ0n) is 16.9. The standard InChI is InChI=1S/C25H26O6/c26-16-21(27)23(29)24(30)22(28)17-31-25(18-10-4-1-5-11-18,19-12-6-2-7-13-19)20-14-8-3-9-15-20/h1-16,21-24,27-30H,17H2/t21-,22-,23-,24-/m1/s1. The molecule has 3 aromatic carbocycles. The summed E-state index contributed by atoms with van der Waals surface area (Å²) in [7, 11) is 0. The van der Waals surface area contributed by atoms with Crippen LogP contribution in [0.1, 0.15) is 16.7 Å². The van der Waals surface area contributed by atoms with Crippen molar-refractivity contribution in [2.45, 2.75) is 30.0 Å². The molecule has 0 spiro atoms. The number of carbonyl (C=O) groups excluding carboxylic acids is 1. The summed E-state index contributed by atoms with van der Waals surface area (Å²) in [6.07, 6.45) is -6.88. The van der Waals surface area contributed by atoms with Crippen LogP contribution in [0.25, 0.3) is 0 Å². The third-order valence-corrected chi connectivity index (χ3v) is 5.25. The SMILES string of the molecule is O=C[C@@H](O)[C@@H](O)[C@H](O)[C@H](O)COC(c1ccccc1)(c1ccccc1)c1ccccc1. The summed E-state index contributed by atoms with van der Waals surface area (Å²) in [6, 6.07) is 28.4. The second kappa shape index (κ2) is 10.4. The lowest BCUT2D eigenvalue weighted by Gasteiger charge is -2.37. The smallest absolute Gasteiger partial charge is 0.151 e. The summed E-state index contributed by atoms with van der Waals surface area (Å²) < 4.78 is 6.34. The van der Waals surface area contributed by atoms with Crippen molar-refractivity contribution in [2.24, 2.45) is 0 Å². The summed E-state index contributed by atoms with van der Waals surface area (Å²) >= 11 is 0. The van der Waals surface area contributed by atoms with E-state index in [1.54, 1.807) is 0 Å². The molecule has 0 aromatic heterocycles. The van der Waals surface area contributed by atoms with Crippen molar-refractivity contribution in [3.63, 3.8) is 0 Å². The molecule has 4 atom stereocenters. The number of benzene rings is 3. The number of hydrogen-bond acceptors (Lipinski definition) is 6. The lowest BCUT2D eigenvalue weighted by atomic mass is 9.80. The highest BCUT2D eigenvalue weighted by Crippen LogP contribution is 2.40. The van der Waals surface area contributed by atoms with Gasteiger partial charge in [-0.25, -0.2) is 0 Å². The van der Waals surface area contributed by atoms with Crippen LogP contribution in [0, 0.1) is 0 Å². The molecule has 0 unspecified atom stereocenters. The average Bonchev–Trinajstić information content (AvgIpc) is 2.84. The molecular formula is C25H26O6. The van der Waals surface area contributed by atoms with Gasteiger partial charge in [-0.1, -0.05) is 91.0 Å². The fraction of sp³-hybridized carbons (Fsp3) is 0.240. The van der Waals surface area contributed by atoms with Crippen molar-refractivity contribution in [1.82, 2.24) is 0 Å². The Morgan fingerprint density at radius 3 is 1.42 bits per heavy atom. The van der Waals surface area contributed by atoms with Gasteiger partial charge in [0.25, 0.3) is 0 Å². The van der Waals surface area contributed by atoms with Gasteiger partial charge in [-0.15, -0.1) is 0 Å². The Morgan fingerprint density at radius 1 is 0.677 bits per heavy atom. The van der Waals surface area contributed by atoms with Crippen LogP contribution in [0.3, 0.4) is 0 Å². The quantitative estimate of drug-likeness (QED) is 0.292. The molecule has 0 saturated heterocycles. The molecule has 0 aliphatic heterocycles. The van der Waals surface area contributed by atoms with E-state index in [4.69, 9.17) is 4.74 Å². The predicted molar refractivity (Wildman–Crippen MR) is 115 cm³/mol. The molecule has 0 heterocycles. The van der Waals surface area contributed by atoms with Gasteiger partial charge in [0.1, 0.15) is 30.0 Å². The van der Waals surface area contributed by atoms with Crippen LogP contribution in [-0.4, -0.2) is 57.7 Å². The number of carbonyl (C=O) groups is 1. The van der Waals surface area contributed by atoms with E-state index in [9.17, 15) is 25.2 Å². The minimum absolute atomic E-state index is 0.101. The zero-order chi connectivity index (χ0) is 22.3. The third kappa shape index (κ3) is 4.90. The molecule has 3 rings (SSSR count). The van der Waals surface area contributed by atoms with Gasteiger partial charge >= 0.3 is 0 Å². The second-order valence-electron chi connectivity index (χ2n) is 7.27. The van der Waals surface area contributed by atoms with Crippen LogP contribution in [0.4, 0.5) is 0 Å². The van der Waals surface area contributed by atoms with Gasteiger partial charge in [0.05, 0.1) is 6.61 Å². The molecular weight excluding hydrogens is 396 g/mol. The first-order chi connectivity index (χ1) is 15.0. The van der Waals surface area contributed by atoms with Crippen molar-refractivity contribution < 1.29 is 30.0 Å². The molecule has 162 valence electrons. The van der Waals surface area contributed by atoms with Gasteiger partial charge in [-0.2, -0.15) is 0 Å². The number of hydrogen-bond donors (Lipinski definition) is 4. The van der Waals surface area contributed by atoms with Crippen LogP contribution in [0.2, 0.25) is 0 Å². The Morgan fingerprint density at radius 2 is 1.06 bits per heavy atom. The first-order valence-electron chi connectivity index (χ1n) is 9.98. The van der Waals surface area contributed by atoms with Crippen molar-refractivity contribution >= 4 is 6.29 Å². The maximum absolute atomic E-state index is 10.7. The largest absolute Gasteiger partial charge is 0.388 e. The lowest BCUT2D eigenvalue weighted by Crippen LogP contribution is -2.48. The van der Waals surface area contributed by atoms with E-state index in [1.165, 1.54) is 0 Å². The van der Waals surface area contributed by atoms with Crippen molar-refractivity contribution in [3.05, 3.63) is 108 Å².